The minimum atomic E-state index is -0.986. The number of rotatable bonds is 3. The zero-order valence-corrected chi connectivity index (χ0v) is 19.2. The Morgan fingerprint density at radius 3 is 1.97 bits per heavy atom. The fourth-order valence-electron chi connectivity index (χ4n) is 2.75. The molecule has 170 valence electrons. The van der Waals surface area contributed by atoms with Gasteiger partial charge >= 0.3 is 18.2 Å². The lowest BCUT2D eigenvalue weighted by Gasteiger charge is -2.29. The van der Waals surface area contributed by atoms with E-state index in [9.17, 15) is 14.4 Å². The monoisotopic (exact) mass is 433 g/mol. The van der Waals surface area contributed by atoms with Gasteiger partial charge in [-0.05, 0) is 60.6 Å². The van der Waals surface area contributed by atoms with Crippen molar-refractivity contribution in [2.24, 2.45) is 11.0 Å². The van der Waals surface area contributed by atoms with Crippen molar-refractivity contribution in [2.75, 3.05) is 18.2 Å². The Labute approximate surface area is 182 Å². The maximum Gasteiger partial charge on any atom is 0.425 e. The van der Waals surface area contributed by atoms with Gasteiger partial charge in [0.1, 0.15) is 17.1 Å². The van der Waals surface area contributed by atoms with Gasteiger partial charge in [0.25, 0.3) is 0 Å². The van der Waals surface area contributed by atoms with Crippen LogP contribution in [-0.4, -0.2) is 53.2 Å². The smallest absolute Gasteiger partial charge is 0.425 e. The summed E-state index contributed by atoms with van der Waals surface area (Å²) in [7, 11) is 0. The summed E-state index contributed by atoms with van der Waals surface area (Å²) in [6.45, 7) is 12.0. The minimum absolute atomic E-state index is 0.0975. The van der Waals surface area contributed by atoms with Gasteiger partial charge in [0.05, 0.1) is 18.8 Å². The Morgan fingerprint density at radius 2 is 1.52 bits per heavy atom. The van der Waals surface area contributed by atoms with Crippen LogP contribution in [0.5, 0.6) is 0 Å². The van der Waals surface area contributed by atoms with Crippen LogP contribution in [0.25, 0.3) is 0 Å². The van der Waals surface area contributed by atoms with E-state index in [1.54, 1.807) is 65.6 Å². The highest BCUT2D eigenvalue weighted by Gasteiger charge is 2.45. The molecule has 0 radical (unpaired) electrons. The third-order valence-corrected chi connectivity index (χ3v) is 3.90. The van der Waals surface area contributed by atoms with Crippen LogP contribution in [0.1, 0.15) is 48.5 Å². The predicted molar refractivity (Wildman–Crippen MR) is 116 cm³/mol. The number of benzene rings is 1. The third-order valence-electron chi connectivity index (χ3n) is 3.90. The minimum Gasteiger partial charge on any atom is -0.465 e. The Hall–Kier alpha value is -3.10. The number of nitrogens with zero attached hydrogens (tertiary/aromatic N) is 3. The summed E-state index contributed by atoms with van der Waals surface area (Å²) < 4.78 is 16.0. The van der Waals surface area contributed by atoms with Crippen molar-refractivity contribution >= 4 is 29.7 Å². The number of para-hydroxylation sites is 1. The molecule has 1 aliphatic heterocycles. The van der Waals surface area contributed by atoms with Gasteiger partial charge in [-0.1, -0.05) is 18.2 Å². The molecule has 1 aliphatic rings. The van der Waals surface area contributed by atoms with Crippen LogP contribution in [0, 0.1) is 5.92 Å². The first kappa shape index (κ1) is 24.2. The molecule has 0 bridgehead atoms. The van der Waals surface area contributed by atoms with E-state index >= 15 is 0 Å². The molecule has 0 aliphatic carbocycles. The maximum absolute atomic E-state index is 13.0. The highest BCUT2D eigenvalue weighted by molar-refractivity contribution is 6.16. The van der Waals surface area contributed by atoms with Crippen LogP contribution in [0.15, 0.2) is 35.4 Å². The topological polar surface area (TPSA) is 97.7 Å². The highest BCUT2D eigenvalue weighted by Crippen LogP contribution is 2.27. The van der Waals surface area contributed by atoms with Crippen molar-refractivity contribution in [3.8, 4) is 0 Å². The molecule has 0 saturated heterocycles. The average Bonchev–Trinajstić information content (AvgIpc) is 3.04. The first-order chi connectivity index (χ1) is 14.3. The van der Waals surface area contributed by atoms with Crippen LogP contribution >= 0.6 is 0 Å². The maximum atomic E-state index is 13.0. The lowest BCUT2D eigenvalue weighted by molar-refractivity contribution is -0.145. The van der Waals surface area contributed by atoms with Crippen LogP contribution in [0.4, 0.5) is 15.3 Å². The SMILES string of the molecule is CCOC(=O)C1CN(c2ccccc2)N=C1N(C(=O)OC(C)(C)C)C(=O)OC(C)(C)C. The molecule has 0 N–H and O–H groups in total. The number of esters is 1. The molecule has 1 unspecified atom stereocenters. The van der Waals surface area contributed by atoms with E-state index in [4.69, 9.17) is 14.2 Å². The van der Waals surface area contributed by atoms with E-state index in [0.29, 0.717) is 10.6 Å². The number of carbonyl (C=O) groups is 3. The molecule has 0 aromatic heterocycles. The fraction of sp³-hybridized carbons (Fsp3) is 0.545. The Balaban J connectivity index is 2.51. The van der Waals surface area contributed by atoms with Crippen LogP contribution in [-0.2, 0) is 19.0 Å². The molecule has 1 heterocycles. The summed E-state index contributed by atoms with van der Waals surface area (Å²) in [6.07, 6.45) is -1.96. The number of hydrazone groups is 1. The van der Waals surface area contributed by atoms with Gasteiger partial charge < -0.3 is 14.2 Å². The Morgan fingerprint density at radius 1 is 1.00 bits per heavy atom. The molecule has 31 heavy (non-hydrogen) atoms. The number of hydrogen-bond donors (Lipinski definition) is 0. The molecular weight excluding hydrogens is 402 g/mol. The average molecular weight is 434 g/mol. The van der Waals surface area contributed by atoms with E-state index in [1.165, 1.54) is 0 Å². The van der Waals surface area contributed by atoms with E-state index in [0.717, 1.165) is 0 Å². The second-order valence-corrected chi connectivity index (χ2v) is 8.98. The molecule has 2 rings (SSSR count). The number of amides is 2. The molecular formula is C22H31N3O6. The zero-order valence-electron chi connectivity index (χ0n) is 19.2. The van der Waals surface area contributed by atoms with Crippen LogP contribution in [0.3, 0.4) is 0 Å². The second kappa shape index (κ2) is 9.36. The molecule has 0 fully saturated rings. The number of anilines is 1. The van der Waals surface area contributed by atoms with Crippen molar-refractivity contribution in [3.63, 3.8) is 0 Å². The molecule has 1 atom stereocenters. The van der Waals surface area contributed by atoms with Gasteiger partial charge in [0.15, 0.2) is 5.84 Å². The van der Waals surface area contributed by atoms with Crippen LogP contribution < -0.4 is 5.01 Å². The van der Waals surface area contributed by atoms with Gasteiger partial charge in [-0.25, -0.2) is 9.59 Å². The molecule has 0 spiro atoms. The molecule has 2 amide bonds. The van der Waals surface area contributed by atoms with E-state index < -0.39 is 35.3 Å². The number of ether oxygens (including phenoxy) is 3. The molecule has 9 heteroatoms. The molecule has 1 aromatic rings. The van der Waals surface area contributed by atoms with Crippen molar-refractivity contribution in [2.45, 2.75) is 59.7 Å². The van der Waals surface area contributed by atoms with Gasteiger partial charge in [-0.3, -0.25) is 9.80 Å². The van der Waals surface area contributed by atoms with Crippen molar-refractivity contribution in [3.05, 3.63) is 30.3 Å². The van der Waals surface area contributed by atoms with Crippen molar-refractivity contribution in [1.29, 1.82) is 0 Å². The number of imide groups is 1. The Bertz CT molecular complexity index is 811. The van der Waals surface area contributed by atoms with Crippen LogP contribution in [0.2, 0.25) is 0 Å². The van der Waals surface area contributed by atoms with Gasteiger partial charge in [0, 0.05) is 0 Å². The van der Waals surface area contributed by atoms with E-state index in [1.807, 2.05) is 18.2 Å². The lowest BCUT2D eigenvalue weighted by atomic mass is 10.1. The van der Waals surface area contributed by atoms with Gasteiger partial charge in [-0.15, -0.1) is 0 Å². The van der Waals surface area contributed by atoms with E-state index in [2.05, 4.69) is 5.10 Å². The lowest BCUT2D eigenvalue weighted by Crippen LogP contribution is -2.50. The summed E-state index contributed by atoms with van der Waals surface area (Å²) >= 11 is 0. The summed E-state index contributed by atoms with van der Waals surface area (Å²) in [5, 5.41) is 5.96. The van der Waals surface area contributed by atoms with E-state index in [-0.39, 0.29) is 19.0 Å². The standard InChI is InChI=1S/C22H31N3O6/c1-8-29-18(26)16-14-24(15-12-10-9-11-13-15)23-17(16)25(19(27)30-21(2,3)4)20(28)31-22(5,6)7/h9-13,16H,8,14H2,1-7H3. The highest BCUT2D eigenvalue weighted by atomic mass is 16.6. The van der Waals surface area contributed by atoms with Crippen molar-refractivity contribution < 1.29 is 28.6 Å². The molecule has 1 aromatic carbocycles. The van der Waals surface area contributed by atoms with Gasteiger partial charge in [-0.2, -0.15) is 10.0 Å². The quantitative estimate of drug-likeness (QED) is 0.521. The first-order valence-corrected chi connectivity index (χ1v) is 10.2. The molecule has 9 nitrogen and oxygen atoms in total. The second-order valence-electron chi connectivity index (χ2n) is 8.98. The molecule has 0 saturated carbocycles. The number of carbonyl (C=O) groups excluding carboxylic acids is 3. The van der Waals surface area contributed by atoms with Gasteiger partial charge in [0.2, 0.25) is 0 Å². The fourth-order valence-corrected chi connectivity index (χ4v) is 2.75. The van der Waals surface area contributed by atoms with Crippen molar-refractivity contribution in [1.82, 2.24) is 4.90 Å². The zero-order chi connectivity index (χ0) is 23.4. The normalized spacial score (nSPS) is 16.4. The number of amidine groups is 1. The first-order valence-electron chi connectivity index (χ1n) is 10.2. The Kier molecular flexibility index (Phi) is 7.30. The summed E-state index contributed by atoms with van der Waals surface area (Å²) in [5.41, 5.74) is -1.07. The number of hydrogen-bond acceptors (Lipinski definition) is 8. The largest absolute Gasteiger partial charge is 0.465 e. The summed E-state index contributed by atoms with van der Waals surface area (Å²) in [4.78, 5) is 39.4. The third kappa shape index (κ3) is 6.70. The summed E-state index contributed by atoms with van der Waals surface area (Å²) in [6, 6.07) is 9.10. The summed E-state index contributed by atoms with van der Waals surface area (Å²) in [5.74, 6) is -1.69. The predicted octanol–water partition coefficient (Wildman–Crippen LogP) is 4.17.